The van der Waals surface area contributed by atoms with Crippen LogP contribution >= 0.6 is 0 Å². The van der Waals surface area contributed by atoms with Crippen LogP contribution in [0.2, 0.25) is 0 Å². The zero-order valence-corrected chi connectivity index (χ0v) is 15.0. The van der Waals surface area contributed by atoms with E-state index in [0.29, 0.717) is 11.4 Å². The molecule has 0 radical (unpaired) electrons. The Bertz CT molecular complexity index is 844. The average molecular weight is 384 g/mol. The van der Waals surface area contributed by atoms with Crippen molar-refractivity contribution in [2.24, 2.45) is 0 Å². The zero-order valence-electron chi connectivity index (χ0n) is 15.0. The molecule has 0 saturated carbocycles. The molecule has 2 aromatic rings. The van der Waals surface area contributed by atoms with Crippen molar-refractivity contribution >= 4 is 17.6 Å². The summed E-state index contributed by atoms with van der Waals surface area (Å²) in [4.78, 5) is 24.0. The number of alkyl halides is 3. The molecule has 1 aromatic heterocycles. The largest absolute Gasteiger partial charge is 0.497 e. The fraction of sp³-hybridized carbons (Fsp3) is 0.333. The van der Waals surface area contributed by atoms with Crippen LogP contribution in [0.1, 0.15) is 21.7 Å². The van der Waals surface area contributed by atoms with Crippen LogP contribution in [-0.4, -0.2) is 36.3 Å². The van der Waals surface area contributed by atoms with Crippen LogP contribution in [0.25, 0.3) is 0 Å². The van der Waals surface area contributed by atoms with Crippen LogP contribution in [0.3, 0.4) is 0 Å². The van der Waals surface area contributed by atoms with E-state index >= 15 is 0 Å². The zero-order chi connectivity index (χ0) is 20.2. The van der Waals surface area contributed by atoms with E-state index in [0.717, 1.165) is 4.57 Å². The minimum Gasteiger partial charge on any atom is -0.497 e. The van der Waals surface area contributed by atoms with E-state index in [1.54, 1.807) is 24.3 Å². The molecular weight excluding hydrogens is 365 g/mol. The van der Waals surface area contributed by atoms with Gasteiger partial charge in [-0.3, -0.25) is 4.79 Å². The van der Waals surface area contributed by atoms with Crippen LogP contribution in [-0.2, 0) is 16.1 Å². The molecule has 1 heterocycles. The van der Waals surface area contributed by atoms with Crippen molar-refractivity contribution in [2.75, 3.05) is 19.0 Å². The number of carbonyl (C=O) groups is 2. The molecule has 0 unspecified atom stereocenters. The van der Waals surface area contributed by atoms with Gasteiger partial charge in [-0.15, -0.1) is 0 Å². The number of aryl methyl sites for hydroxylation is 1. The Labute approximate surface area is 153 Å². The van der Waals surface area contributed by atoms with Gasteiger partial charge in [0.15, 0.2) is 6.61 Å². The average Bonchev–Trinajstić information content (AvgIpc) is 2.86. The lowest BCUT2D eigenvalue weighted by molar-refractivity contribution is -0.141. The van der Waals surface area contributed by atoms with Crippen molar-refractivity contribution in [1.82, 2.24) is 4.57 Å². The van der Waals surface area contributed by atoms with Gasteiger partial charge in [-0.25, -0.2) is 4.79 Å². The summed E-state index contributed by atoms with van der Waals surface area (Å²) in [7, 11) is 1.48. The lowest BCUT2D eigenvalue weighted by Crippen LogP contribution is -2.22. The Morgan fingerprint density at radius 3 is 2.52 bits per heavy atom. The van der Waals surface area contributed by atoms with Gasteiger partial charge in [0, 0.05) is 23.1 Å². The molecule has 0 saturated heterocycles. The first kappa shape index (κ1) is 20.3. The molecule has 0 bridgehead atoms. The molecule has 6 nitrogen and oxygen atoms in total. The van der Waals surface area contributed by atoms with E-state index in [1.165, 1.54) is 27.0 Å². The number of carbonyl (C=O) groups excluding carboxylic acids is 2. The number of benzene rings is 1. The lowest BCUT2D eigenvalue weighted by atomic mass is 10.2. The topological polar surface area (TPSA) is 69.6 Å². The van der Waals surface area contributed by atoms with Crippen molar-refractivity contribution in [3.8, 4) is 5.75 Å². The van der Waals surface area contributed by atoms with Gasteiger partial charge in [0.1, 0.15) is 12.3 Å². The Hall–Kier alpha value is -2.97. The molecule has 0 spiro atoms. The summed E-state index contributed by atoms with van der Waals surface area (Å²) in [5.74, 6) is -0.903. The minimum absolute atomic E-state index is 0.00840. The van der Waals surface area contributed by atoms with Crippen molar-refractivity contribution in [3.63, 3.8) is 0 Å². The monoisotopic (exact) mass is 384 g/mol. The molecule has 27 heavy (non-hydrogen) atoms. The minimum atomic E-state index is -4.41. The number of hydrogen-bond acceptors (Lipinski definition) is 4. The number of nitrogens with one attached hydrogen (secondary N) is 1. The van der Waals surface area contributed by atoms with Crippen molar-refractivity contribution < 1.29 is 32.2 Å². The number of hydrogen-bond donors (Lipinski definition) is 1. The number of ether oxygens (including phenoxy) is 2. The van der Waals surface area contributed by atoms with Gasteiger partial charge in [-0.1, -0.05) is 6.07 Å². The predicted octanol–water partition coefficient (Wildman–Crippen LogP) is 3.47. The molecule has 0 aliphatic heterocycles. The van der Waals surface area contributed by atoms with Gasteiger partial charge in [0.25, 0.3) is 5.91 Å². The Balaban J connectivity index is 1.99. The second kappa shape index (κ2) is 8.15. The molecular formula is C18H19F3N2O4. The van der Waals surface area contributed by atoms with Crippen molar-refractivity contribution in [2.45, 2.75) is 26.6 Å². The van der Waals surface area contributed by atoms with Crippen LogP contribution in [0.4, 0.5) is 18.9 Å². The highest BCUT2D eigenvalue weighted by Crippen LogP contribution is 2.23. The number of amides is 1. The van der Waals surface area contributed by atoms with E-state index in [1.807, 2.05) is 0 Å². The fourth-order valence-electron chi connectivity index (χ4n) is 2.54. The maximum absolute atomic E-state index is 12.6. The molecule has 0 atom stereocenters. The quantitative estimate of drug-likeness (QED) is 0.775. The van der Waals surface area contributed by atoms with Crippen LogP contribution in [0.15, 0.2) is 30.3 Å². The third-order valence-corrected chi connectivity index (χ3v) is 3.82. The molecule has 9 heteroatoms. The molecule has 2 rings (SSSR count). The number of aromatic nitrogens is 1. The van der Waals surface area contributed by atoms with E-state index < -0.39 is 31.2 Å². The van der Waals surface area contributed by atoms with Gasteiger partial charge in [-0.2, -0.15) is 13.2 Å². The Morgan fingerprint density at radius 1 is 1.19 bits per heavy atom. The third kappa shape index (κ3) is 5.50. The summed E-state index contributed by atoms with van der Waals surface area (Å²) in [6.07, 6.45) is -4.41. The second-order valence-electron chi connectivity index (χ2n) is 5.84. The molecule has 0 fully saturated rings. The van der Waals surface area contributed by atoms with Gasteiger partial charge in [0.2, 0.25) is 0 Å². The number of halogens is 3. The highest BCUT2D eigenvalue weighted by molar-refractivity contribution is 5.96. The number of methoxy groups -OCH3 is 1. The summed E-state index contributed by atoms with van der Waals surface area (Å²) in [5.41, 5.74) is 0.852. The van der Waals surface area contributed by atoms with E-state index in [-0.39, 0.29) is 17.0 Å². The molecule has 1 amide bonds. The maximum Gasteiger partial charge on any atom is 0.406 e. The Kier molecular flexibility index (Phi) is 6.14. The Morgan fingerprint density at radius 2 is 1.89 bits per heavy atom. The summed E-state index contributed by atoms with van der Waals surface area (Å²) < 4.78 is 48.8. The van der Waals surface area contributed by atoms with E-state index in [2.05, 4.69) is 5.32 Å². The first-order valence-electron chi connectivity index (χ1n) is 7.95. The highest BCUT2D eigenvalue weighted by atomic mass is 19.4. The smallest absolute Gasteiger partial charge is 0.406 e. The number of esters is 1. The summed E-state index contributed by atoms with van der Waals surface area (Å²) in [5, 5.41) is 2.54. The van der Waals surface area contributed by atoms with Crippen LogP contribution in [0.5, 0.6) is 5.75 Å². The number of nitrogens with zero attached hydrogens (tertiary/aromatic N) is 1. The predicted molar refractivity (Wildman–Crippen MR) is 91.9 cm³/mol. The third-order valence-electron chi connectivity index (χ3n) is 3.82. The number of anilines is 1. The normalized spacial score (nSPS) is 11.2. The van der Waals surface area contributed by atoms with Crippen LogP contribution in [0, 0.1) is 13.8 Å². The van der Waals surface area contributed by atoms with Gasteiger partial charge in [-0.05, 0) is 32.0 Å². The second-order valence-corrected chi connectivity index (χ2v) is 5.84. The van der Waals surface area contributed by atoms with E-state index in [4.69, 9.17) is 9.47 Å². The van der Waals surface area contributed by atoms with Gasteiger partial charge in [0.05, 0.1) is 12.7 Å². The SMILES string of the molecule is COc1cccc(NC(=O)COC(=O)c2cc(C)n(CC(F)(F)F)c2C)c1. The standard InChI is InChI=1S/C18H19F3N2O4/c1-11-7-15(12(2)23(11)10-18(19,20)21)17(25)27-9-16(24)22-13-5-4-6-14(8-13)26-3/h4-8H,9-10H2,1-3H3,(H,22,24). The fourth-order valence-corrected chi connectivity index (χ4v) is 2.54. The first-order chi connectivity index (χ1) is 12.6. The lowest BCUT2D eigenvalue weighted by Gasteiger charge is -2.12. The summed E-state index contributed by atoms with van der Waals surface area (Å²) in [6, 6.07) is 7.91. The summed E-state index contributed by atoms with van der Waals surface area (Å²) >= 11 is 0. The maximum atomic E-state index is 12.6. The van der Waals surface area contributed by atoms with Crippen molar-refractivity contribution in [3.05, 3.63) is 47.3 Å². The molecule has 0 aliphatic carbocycles. The number of rotatable bonds is 6. The first-order valence-corrected chi connectivity index (χ1v) is 7.95. The molecule has 1 N–H and O–H groups in total. The van der Waals surface area contributed by atoms with Crippen molar-refractivity contribution in [1.29, 1.82) is 0 Å². The van der Waals surface area contributed by atoms with Gasteiger partial charge >= 0.3 is 12.1 Å². The van der Waals surface area contributed by atoms with E-state index in [9.17, 15) is 22.8 Å². The molecule has 1 aromatic carbocycles. The van der Waals surface area contributed by atoms with Crippen LogP contribution < -0.4 is 10.1 Å². The summed E-state index contributed by atoms with van der Waals surface area (Å²) in [6.45, 7) is 1.09. The molecule has 0 aliphatic rings. The highest BCUT2D eigenvalue weighted by Gasteiger charge is 2.30. The molecule has 146 valence electrons. The van der Waals surface area contributed by atoms with Gasteiger partial charge < -0.3 is 19.4 Å².